The van der Waals surface area contributed by atoms with Crippen LogP contribution in [-0.2, 0) is 18.4 Å². The number of nitrogens with two attached hydrogens (primary N) is 1. The highest BCUT2D eigenvalue weighted by Crippen LogP contribution is 2.43. The third-order valence-corrected chi connectivity index (χ3v) is 2.16. The highest BCUT2D eigenvalue weighted by molar-refractivity contribution is 7.47. The van der Waals surface area contributed by atoms with Gasteiger partial charge in [-0.05, 0) is 0 Å². The molecule has 0 bridgehead atoms. The molecular weight excluding hydrogens is 237 g/mol. The van der Waals surface area contributed by atoms with E-state index in [0.717, 1.165) is 0 Å². The molecule has 96 valence electrons. The van der Waals surface area contributed by atoms with Crippen molar-refractivity contribution in [3.63, 3.8) is 0 Å². The van der Waals surface area contributed by atoms with Crippen molar-refractivity contribution in [1.82, 2.24) is 5.32 Å². The number of quaternary nitrogens is 1. The van der Waals surface area contributed by atoms with Gasteiger partial charge in [0.15, 0.2) is 6.73 Å². The second-order valence-corrected chi connectivity index (χ2v) is 5.55. The molecule has 0 aliphatic carbocycles. The minimum Gasteiger partial charge on any atom is -0.342 e. The third-order valence-electron chi connectivity index (χ3n) is 1.27. The molecule has 0 aromatic heterocycles. The van der Waals surface area contributed by atoms with Gasteiger partial charge >= 0.3 is 7.82 Å². The number of nitrogens with zero attached hydrogens (tertiary/aromatic N) is 1. The maximum Gasteiger partial charge on any atom is 0.477 e. The zero-order chi connectivity index (χ0) is 12.8. The van der Waals surface area contributed by atoms with E-state index >= 15 is 0 Å². The van der Waals surface area contributed by atoms with Crippen molar-refractivity contribution in [1.29, 1.82) is 0 Å². The lowest BCUT2D eigenvalue weighted by Gasteiger charge is -2.24. The van der Waals surface area contributed by atoms with Gasteiger partial charge in [0, 0.05) is 0 Å². The molecule has 0 aliphatic heterocycles. The van der Waals surface area contributed by atoms with Crippen molar-refractivity contribution in [3.8, 4) is 0 Å². The van der Waals surface area contributed by atoms with Gasteiger partial charge in [-0.15, -0.1) is 0 Å². The second kappa shape index (κ2) is 6.29. The molecule has 4 N–H and O–H groups in total. The minimum atomic E-state index is -4.18. The van der Waals surface area contributed by atoms with Crippen molar-refractivity contribution >= 4 is 13.7 Å². The molecule has 1 amide bonds. The third kappa shape index (κ3) is 8.78. The zero-order valence-electron chi connectivity index (χ0n) is 9.67. The van der Waals surface area contributed by atoms with Crippen molar-refractivity contribution < 1.29 is 27.8 Å². The summed E-state index contributed by atoms with van der Waals surface area (Å²) in [4.78, 5) is 20.1. The fourth-order valence-electron chi connectivity index (χ4n) is 0.588. The molecule has 0 spiro atoms. The average Bonchev–Trinajstić information content (AvgIpc) is 2.12. The molecule has 0 saturated heterocycles. The summed E-state index contributed by atoms with van der Waals surface area (Å²) in [5, 5.41) is 2.21. The molecule has 0 aliphatic rings. The summed E-state index contributed by atoms with van der Waals surface area (Å²) in [6.45, 7) is -0.633. The second-order valence-electron chi connectivity index (χ2n) is 4.09. The van der Waals surface area contributed by atoms with Gasteiger partial charge in [0.05, 0.1) is 27.8 Å². The van der Waals surface area contributed by atoms with Crippen LogP contribution < -0.4 is 11.1 Å². The Hall–Kier alpha value is -0.500. The number of nitrogens with one attached hydrogen (secondary N) is 1. The van der Waals surface area contributed by atoms with Crippen LogP contribution in [0.2, 0.25) is 0 Å². The number of carbonyl (C=O) groups excluding carboxylic acids is 1. The van der Waals surface area contributed by atoms with E-state index in [4.69, 9.17) is 5.73 Å². The lowest BCUT2D eigenvalue weighted by molar-refractivity contribution is -0.887. The van der Waals surface area contributed by atoms with Gasteiger partial charge in [0.25, 0.3) is 0 Å². The van der Waals surface area contributed by atoms with Crippen molar-refractivity contribution in [2.75, 3.05) is 41.1 Å². The maximum atomic E-state index is 11.3. The van der Waals surface area contributed by atoms with Crippen LogP contribution in [0.5, 0.6) is 0 Å². The van der Waals surface area contributed by atoms with E-state index in [-0.39, 0.29) is 13.4 Å². The van der Waals surface area contributed by atoms with Gasteiger partial charge in [-0.1, -0.05) is 0 Å². The standard InChI is InChI=1S/C7H18N3O5P/c1-10(2,3)6-15-16(12,13)14-4-7(11)9-5-8/h4-6,8H2,1-3H3,(H-,9,11,12,13)/p+1. The Labute approximate surface area is 94.5 Å². The molecule has 9 heteroatoms. The van der Waals surface area contributed by atoms with E-state index in [1.165, 1.54) is 0 Å². The Kier molecular flexibility index (Phi) is 6.09. The van der Waals surface area contributed by atoms with E-state index < -0.39 is 20.3 Å². The van der Waals surface area contributed by atoms with Crippen LogP contribution in [0.15, 0.2) is 0 Å². The topological polar surface area (TPSA) is 111 Å². The van der Waals surface area contributed by atoms with Crippen LogP contribution in [0, 0.1) is 0 Å². The largest absolute Gasteiger partial charge is 0.477 e. The first-order valence-electron chi connectivity index (χ1n) is 4.55. The van der Waals surface area contributed by atoms with E-state index in [1.54, 1.807) is 21.1 Å². The normalized spacial score (nSPS) is 15.6. The van der Waals surface area contributed by atoms with E-state index in [2.05, 4.69) is 14.4 Å². The first-order chi connectivity index (χ1) is 7.16. The van der Waals surface area contributed by atoms with Crippen molar-refractivity contribution in [3.05, 3.63) is 0 Å². The van der Waals surface area contributed by atoms with Crippen molar-refractivity contribution in [2.24, 2.45) is 5.73 Å². The summed E-state index contributed by atoms with van der Waals surface area (Å²) >= 11 is 0. The molecule has 1 unspecified atom stereocenters. The van der Waals surface area contributed by atoms with Crippen LogP contribution in [0.1, 0.15) is 0 Å². The van der Waals surface area contributed by atoms with Crippen molar-refractivity contribution in [2.45, 2.75) is 0 Å². The number of rotatable bonds is 7. The van der Waals surface area contributed by atoms with Gasteiger partial charge in [0.1, 0.15) is 6.61 Å². The van der Waals surface area contributed by atoms with Crippen LogP contribution in [0.4, 0.5) is 0 Å². The van der Waals surface area contributed by atoms with Crippen LogP contribution in [-0.4, -0.2) is 56.4 Å². The fourth-order valence-corrected chi connectivity index (χ4v) is 1.44. The Bertz CT molecular complexity index is 278. The predicted molar refractivity (Wildman–Crippen MR) is 57.0 cm³/mol. The van der Waals surface area contributed by atoms with Gasteiger partial charge in [-0.25, -0.2) is 9.09 Å². The molecule has 0 saturated carbocycles. The highest BCUT2D eigenvalue weighted by Gasteiger charge is 2.25. The SMILES string of the molecule is C[N+](C)(C)COP(=O)(O)OCC(=O)NCN. The number of carbonyl (C=O) groups is 1. The average molecular weight is 256 g/mol. The molecular formula is C7H19N3O5P+. The lowest BCUT2D eigenvalue weighted by atomic mass is 10.7. The number of amides is 1. The molecule has 1 atom stereocenters. The quantitative estimate of drug-likeness (QED) is 0.300. The van der Waals surface area contributed by atoms with Gasteiger partial charge in [-0.3, -0.25) is 9.32 Å². The summed E-state index contributed by atoms with van der Waals surface area (Å²) in [5.74, 6) is -0.578. The molecule has 0 aromatic carbocycles. The molecule has 0 fully saturated rings. The number of hydrogen-bond donors (Lipinski definition) is 3. The fraction of sp³-hybridized carbons (Fsp3) is 0.857. The summed E-state index contributed by atoms with van der Waals surface area (Å²) in [6, 6.07) is 0. The Morgan fingerprint density at radius 3 is 2.44 bits per heavy atom. The Balaban J connectivity index is 3.96. The molecule has 0 heterocycles. The monoisotopic (exact) mass is 256 g/mol. The number of phosphoric acid groups is 1. The van der Waals surface area contributed by atoms with Crippen LogP contribution in [0.25, 0.3) is 0 Å². The predicted octanol–water partition coefficient (Wildman–Crippen LogP) is -1.18. The molecule has 0 aromatic rings. The lowest BCUT2D eigenvalue weighted by Crippen LogP contribution is -2.36. The highest BCUT2D eigenvalue weighted by atomic mass is 31.2. The number of hydrogen-bond acceptors (Lipinski definition) is 5. The summed E-state index contributed by atoms with van der Waals surface area (Å²) in [6.07, 6.45) is 0. The Morgan fingerprint density at radius 2 is 2.00 bits per heavy atom. The van der Waals surface area contributed by atoms with Crippen LogP contribution in [0.3, 0.4) is 0 Å². The van der Waals surface area contributed by atoms with E-state index in [0.29, 0.717) is 4.48 Å². The van der Waals surface area contributed by atoms with Gasteiger partial charge in [-0.2, -0.15) is 0 Å². The molecule has 0 radical (unpaired) electrons. The van der Waals surface area contributed by atoms with E-state index in [9.17, 15) is 14.3 Å². The Morgan fingerprint density at radius 1 is 1.44 bits per heavy atom. The summed E-state index contributed by atoms with van der Waals surface area (Å²) in [5.41, 5.74) is 5.03. The smallest absolute Gasteiger partial charge is 0.342 e. The van der Waals surface area contributed by atoms with Gasteiger partial charge < -0.3 is 20.4 Å². The molecule has 16 heavy (non-hydrogen) atoms. The summed E-state index contributed by atoms with van der Waals surface area (Å²) < 4.78 is 20.7. The zero-order valence-corrected chi connectivity index (χ0v) is 10.6. The maximum absolute atomic E-state index is 11.3. The van der Waals surface area contributed by atoms with E-state index in [1.807, 2.05) is 0 Å². The van der Waals surface area contributed by atoms with Gasteiger partial charge in [0.2, 0.25) is 5.91 Å². The minimum absolute atomic E-state index is 0.00765. The first-order valence-corrected chi connectivity index (χ1v) is 6.05. The summed E-state index contributed by atoms with van der Waals surface area (Å²) in [7, 11) is 1.15. The molecule has 8 nitrogen and oxygen atoms in total. The molecule has 0 rings (SSSR count). The first kappa shape index (κ1) is 15.5. The van der Waals surface area contributed by atoms with Crippen LogP contribution >= 0.6 is 7.82 Å². The number of phosphoric ester groups is 1.